The first-order valence-electron chi connectivity index (χ1n) is 6.64. The lowest BCUT2D eigenvalue weighted by Crippen LogP contribution is -2.15. The van der Waals surface area contributed by atoms with Crippen LogP contribution >= 0.6 is 11.6 Å². The minimum Gasteiger partial charge on any atom is -0.493 e. The van der Waals surface area contributed by atoms with Crippen LogP contribution in [0.2, 0.25) is 5.15 Å². The van der Waals surface area contributed by atoms with E-state index in [4.69, 9.17) is 26.8 Å². The molecule has 5 nitrogen and oxygen atoms in total. The number of aryl methyl sites for hydroxylation is 2. The van der Waals surface area contributed by atoms with Crippen LogP contribution in [0.25, 0.3) is 0 Å². The normalized spacial score (nSPS) is 12.3. The average molecular weight is 310 g/mol. The Balaban J connectivity index is 2.34. The maximum absolute atomic E-state index is 6.34. The summed E-state index contributed by atoms with van der Waals surface area (Å²) in [5.74, 6) is 1.32. The summed E-state index contributed by atoms with van der Waals surface area (Å²) in [7, 11) is 5.03. The van der Waals surface area contributed by atoms with E-state index in [1.807, 2.05) is 32.2 Å². The second-order valence-corrected chi connectivity index (χ2v) is 5.23. The van der Waals surface area contributed by atoms with Gasteiger partial charge in [-0.1, -0.05) is 23.7 Å². The number of para-hydroxylation sites is 1. The summed E-state index contributed by atoms with van der Waals surface area (Å²) in [6, 6.07) is 5.42. The van der Waals surface area contributed by atoms with E-state index in [2.05, 4.69) is 5.10 Å². The van der Waals surface area contributed by atoms with Crippen molar-refractivity contribution in [2.24, 2.45) is 12.8 Å². The van der Waals surface area contributed by atoms with Crippen molar-refractivity contribution in [3.8, 4) is 11.5 Å². The predicted molar refractivity (Wildman–Crippen MR) is 83.1 cm³/mol. The van der Waals surface area contributed by atoms with Gasteiger partial charge in [-0.05, 0) is 19.4 Å². The molecule has 1 aromatic carbocycles. The molecule has 1 unspecified atom stereocenters. The van der Waals surface area contributed by atoms with Crippen LogP contribution in [0.1, 0.15) is 22.9 Å². The van der Waals surface area contributed by atoms with Gasteiger partial charge in [-0.25, -0.2) is 0 Å². The molecule has 0 aliphatic carbocycles. The second-order valence-electron chi connectivity index (χ2n) is 4.87. The Morgan fingerprint density at radius 3 is 2.57 bits per heavy atom. The van der Waals surface area contributed by atoms with Gasteiger partial charge in [-0.3, -0.25) is 4.68 Å². The summed E-state index contributed by atoms with van der Waals surface area (Å²) < 4.78 is 12.4. The molecule has 2 rings (SSSR count). The molecule has 2 N–H and O–H groups in total. The van der Waals surface area contributed by atoms with Crippen molar-refractivity contribution < 1.29 is 9.47 Å². The Bertz CT molecular complexity index is 640. The zero-order chi connectivity index (χ0) is 15.6. The molecule has 0 amide bonds. The first-order valence-corrected chi connectivity index (χ1v) is 7.01. The molecule has 0 saturated heterocycles. The van der Waals surface area contributed by atoms with Crippen molar-refractivity contribution in [3.63, 3.8) is 0 Å². The first-order chi connectivity index (χ1) is 9.99. The lowest BCUT2D eigenvalue weighted by Gasteiger charge is -2.18. The van der Waals surface area contributed by atoms with Crippen LogP contribution in [-0.4, -0.2) is 24.0 Å². The van der Waals surface area contributed by atoms with Gasteiger partial charge < -0.3 is 15.2 Å². The highest BCUT2D eigenvalue weighted by molar-refractivity contribution is 6.30. The van der Waals surface area contributed by atoms with E-state index in [0.29, 0.717) is 23.1 Å². The van der Waals surface area contributed by atoms with E-state index in [-0.39, 0.29) is 6.04 Å². The fourth-order valence-electron chi connectivity index (χ4n) is 2.44. The molecular formula is C15H20ClN3O2. The Morgan fingerprint density at radius 2 is 2.05 bits per heavy atom. The smallest absolute Gasteiger partial charge is 0.165 e. The number of halogens is 1. The largest absolute Gasteiger partial charge is 0.493 e. The monoisotopic (exact) mass is 309 g/mol. The number of hydrogen-bond donors (Lipinski definition) is 1. The van der Waals surface area contributed by atoms with Crippen LogP contribution in [-0.2, 0) is 13.5 Å². The van der Waals surface area contributed by atoms with Crippen molar-refractivity contribution in [1.82, 2.24) is 9.78 Å². The number of methoxy groups -OCH3 is 2. The van der Waals surface area contributed by atoms with Gasteiger partial charge in [0, 0.05) is 24.2 Å². The van der Waals surface area contributed by atoms with Crippen molar-refractivity contribution in [3.05, 3.63) is 40.2 Å². The summed E-state index contributed by atoms with van der Waals surface area (Å²) in [5, 5.41) is 4.92. The predicted octanol–water partition coefficient (Wildman–Crippen LogP) is 2.64. The fraction of sp³-hybridized carbons (Fsp3) is 0.400. The summed E-state index contributed by atoms with van der Waals surface area (Å²) >= 11 is 6.27. The van der Waals surface area contributed by atoms with Gasteiger partial charge >= 0.3 is 0 Å². The molecule has 0 saturated carbocycles. The molecule has 6 heteroatoms. The standard InChI is InChI=1S/C15H20ClN3O2/c1-9-11(15(16)19(2)18-9)8-12(17)10-6-5-7-13(20-3)14(10)21-4/h5-7,12H,8,17H2,1-4H3. The highest BCUT2D eigenvalue weighted by Crippen LogP contribution is 2.35. The molecule has 1 heterocycles. The second kappa shape index (κ2) is 6.37. The van der Waals surface area contributed by atoms with Gasteiger partial charge in [0.25, 0.3) is 0 Å². The maximum Gasteiger partial charge on any atom is 0.165 e. The summed E-state index contributed by atoms with van der Waals surface area (Å²) in [4.78, 5) is 0. The van der Waals surface area contributed by atoms with Crippen LogP contribution < -0.4 is 15.2 Å². The molecule has 0 fully saturated rings. The Kier molecular flexibility index (Phi) is 4.75. The molecule has 2 aromatic rings. The van der Waals surface area contributed by atoms with Crippen LogP contribution in [0, 0.1) is 6.92 Å². The third-order valence-electron chi connectivity index (χ3n) is 3.53. The molecule has 0 aliphatic heterocycles. The quantitative estimate of drug-likeness (QED) is 0.922. The van der Waals surface area contributed by atoms with Gasteiger partial charge in [0.1, 0.15) is 5.15 Å². The number of aromatic nitrogens is 2. The topological polar surface area (TPSA) is 62.3 Å². The molecule has 21 heavy (non-hydrogen) atoms. The van der Waals surface area contributed by atoms with Crippen molar-refractivity contribution in [2.45, 2.75) is 19.4 Å². The summed E-state index contributed by atoms with van der Waals surface area (Å²) in [5.41, 5.74) is 9.07. The Hall–Kier alpha value is -1.72. The third kappa shape index (κ3) is 2.99. The summed E-state index contributed by atoms with van der Waals surface area (Å²) in [6.07, 6.45) is 0.585. The number of rotatable bonds is 5. The van der Waals surface area contributed by atoms with Crippen LogP contribution in [0.4, 0.5) is 0 Å². The van der Waals surface area contributed by atoms with E-state index in [0.717, 1.165) is 16.8 Å². The van der Waals surface area contributed by atoms with E-state index in [9.17, 15) is 0 Å². The van der Waals surface area contributed by atoms with E-state index < -0.39 is 0 Å². The first kappa shape index (κ1) is 15.7. The minimum absolute atomic E-state index is 0.254. The molecule has 1 atom stereocenters. The number of ether oxygens (including phenoxy) is 2. The van der Waals surface area contributed by atoms with Gasteiger partial charge in [0.15, 0.2) is 11.5 Å². The van der Waals surface area contributed by atoms with Crippen molar-refractivity contribution in [1.29, 1.82) is 0 Å². The molecule has 114 valence electrons. The highest BCUT2D eigenvalue weighted by Gasteiger charge is 2.20. The van der Waals surface area contributed by atoms with Crippen molar-refractivity contribution in [2.75, 3.05) is 14.2 Å². The number of hydrogen-bond acceptors (Lipinski definition) is 4. The highest BCUT2D eigenvalue weighted by atomic mass is 35.5. The third-order valence-corrected chi connectivity index (χ3v) is 4.00. The molecular weight excluding hydrogens is 290 g/mol. The zero-order valence-electron chi connectivity index (χ0n) is 12.7. The molecule has 0 aliphatic rings. The SMILES string of the molecule is COc1cccc(C(N)Cc2c(C)nn(C)c2Cl)c1OC. The van der Waals surface area contributed by atoms with Crippen LogP contribution in [0.5, 0.6) is 11.5 Å². The Morgan fingerprint density at radius 1 is 1.33 bits per heavy atom. The van der Waals surface area contributed by atoms with E-state index >= 15 is 0 Å². The lowest BCUT2D eigenvalue weighted by molar-refractivity contribution is 0.349. The van der Waals surface area contributed by atoms with Gasteiger partial charge in [-0.2, -0.15) is 5.10 Å². The summed E-state index contributed by atoms with van der Waals surface area (Å²) in [6.45, 7) is 1.93. The molecule has 1 aromatic heterocycles. The van der Waals surface area contributed by atoms with Crippen LogP contribution in [0.15, 0.2) is 18.2 Å². The number of benzene rings is 1. The zero-order valence-corrected chi connectivity index (χ0v) is 13.4. The average Bonchev–Trinajstić information content (AvgIpc) is 2.72. The van der Waals surface area contributed by atoms with Gasteiger partial charge in [0.05, 0.1) is 19.9 Å². The Labute approximate surface area is 129 Å². The molecule has 0 bridgehead atoms. The maximum atomic E-state index is 6.34. The fourth-order valence-corrected chi connectivity index (χ4v) is 2.69. The van der Waals surface area contributed by atoms with Crippen molar-refractivity contribution >= 4 is 11.6 Å². The van der Waals surface area contributed by atoms with Crippen LogP contribution in [0.3, 0.4) is 0 Å². The van der Waals surface area contributed by atoms with E-state index in [1.54, 1.807) is 18.9 Å². The number of nitrogens with zero attached hydrogens (tertiary/aromatic N) is 2. The van der Waals surface area contributed by atoms with Gasteiger partial charge in [0.2, 0.25) is 0 Å². The number of nitrogens with two attached hydrogens (primary N) is 1. The minimum atomic E-state index is -0.254. The lowest BCUT2D eigenvalue weighted by atomic mass is 9.99. The van der Waals surface area contributed by atoms with E-state index in [1.165, 1.54) is 0 Å². The molecule has 0 spiro atoms. The van der Waals surface area contributed by atoms with Gasteiger partial charge in [-0.15, -0.1) is 0 Å². The molecule has 0 radical (unpaired) electrons.